The van der Waals surface area contributed by atoms with Crippen LogP contribution in [0, 0.1) is 6.92 Å². The van der Waals surface area contributed by atoms with Crippen molar-refractivity contribution in [1.29, 1.82) is 0 Å². The lowest BCUT2D eigenvalue weighted by Crippen LogP contribution is -2.49. The Kier molecular flexibility index (Phi) is 6.30. The van der Waals surface area contributed by atoms with Crippen molar-refractivity contribution in [2.45, 2.75) is 45.4 Å². The summed E-state index contributed by atoms with van der Waals surface area (Å²) >= 11 is 12.3. The predicted molar refractivity (Wildman–Crippen MR) is 116 cm³/mol. The molecule has 1 aromatic heterocycles. The Morgan fingerprint density at radius 2 is 1.85 bits per heavy atom. The summed E-state index contributed by atoms with van der Waals surface area (Å²) in [6.45, 7) is 2.22. The van der Waals surface area contributed by atoms with Gasteiger partial charge in [-0.05, 0) is 68.4 Å². The molecule has 0 saturated heterocycles. The summed E-state index contributed by atoms with van der Waals surface area (Å²) in [6, 6.07) is 10.2. The van der Waals surface area contributed by atoms with Gasteiger partial charge in [-0.15, -0.1) is 0 Å². The predicted octanol–water partition coefficient (Wildman–Crippen LogP) is 6.15. The first-order valence-electron chi connectivity index (χ1n) is 9.76. The average molecular weight is 405 g/mol. The minimum absolute atomic E-state index is 0.703. The fourth-order valence-corrected chi connectivity index (χ4v) is 4.74. The zero-order valence-corrected chi connectivity index (χ0v) is 18.4. The van der Waals surface area contributed by atoms with Crippen molar-refractivity contribution in [1.82, 2.24) is 4.48 Å². The van der Waals surface area contributed by atoms with E-state index in [1.807, 2.05) is 12.1 Å². The number of hydrogen-bond donors (Lipinski definition) is 0. The highest BCUT2D eigenvalue weighted by atomic mass is 35.5. The van der Waals surface area contributed by atoms with Gasteiger partial charge in [0.15, 0.2) is 6.20 Å². The van der Waals surface area contributed by atoms with Crippen LogP contribution in [0.4, 0.5) is 5.82 Å². The van der Waals surface area contributed by atoms with E-state index in [0.717, 1.165) is 28.8 Å². The van der Waals surface area contributed by atoms with E-state index >= 15 is 0 Å². The Labute approximate surface area is 173 Å². The van der Waals surface area contributed by atoms with Gasteiger partial charge in [-0.25, -0.2) is 4.48 Å². The summed E-state index contributed by atoms with van der Waals surface area (Å²) in [5.41, 5.74) is 5.77. The largest absolute Gasteiger partial charge is 0.375 e. The molecule has 0 atom stereocenters. The Balaban J connectivity index is 1.69. The molecule has 0 bridgehead atoms. The van der Waals surface area contributed by atoms with Crippen molar-refractivity contribution in [2.24, 2.45) is 7.05 Å². The second kappa shape index (κ2) is 8.34. The van der Waals surface area contributed by atoms with Gasteiger partial charge in [0.05, 0.1) is 19.7 Å². The molecule has 3 rings (SSSR count). The number of allylic oxidation sites excluding steroid dienone is 2. The first-order valence-corrected chi connectivity index (χ1v) is 10.5. The van der Waals surface area contributed by atoms with E-state index in [1.54, 1.807) is 11.3 Å². The number of aryl methyl sites for hydroxylation is 3. The number of aromatic nitrogens is 1. The molecule has 1 heterocycles. The van der Waals surface area contributed by atoms with Gasteiger partial charge in [0.1, 0.15) is 12.7 Å². The molecule has 4 heteroatoms. The van der Waals surface area contributed by atoms with Crippen molar-refractivity contribution in [3.63, 3.8) is 0 Å². The summed E-state index contributed by atoms with van der Waals surface area (Å²) in [5, 5.41) is 1.49. The van der Waals surface area contributed by atoms with Crippen LogP contribution in [0.25, 0.3) is 0 Å². The highest BCUT2D eigenvalue weighted by Crippen LogP contribution is 2.39. The van der Waals surface area contributed by atoms with Crippen molar-refractivity contribution >= 4 is 29.0 Å². The van der Waals surface area contributed by atoms with Gasteiger partial charge in [-0.3, -0.25) is 0 Å². The first-order chi connectivity index (χ1) is 12.8. The molecule has 2 nitrogen and oxygen atoms in total. The zero-order chi connectivity index (χ0) is 19.6. The summed E-state index contributed by atoms with van der Waals surface area (Å²) in [4.78, 5) is 0. The molecule has 2 aromatic rings. The Hall–Kier alpha value is -1.35. The van der Waals surface area contributed by atoms with Crippen LogP contribution in [-0.4, -0.2) is 14.1 Å². The van der Waals surface area contributed by atoms with Crippen LogP contribution in [0.3, 0.4) is 0 Å². The fraction of sp³-hybridized carbons (Fsp3) is 0.435. The maximum absolute atomic E-state index is 6.32. The van der Waals surface area contributed by atoms with Crippen LogP contribution in [0.15, 0.2) is 47.8 Å². The maximum atomic E-state index is 6.32. The molecular weight excluding hydrogens is 375 g/mol. The molecule has 1 aliphatic rings. The smallest absolute Gasteiger partial charge is 0.212 e. The number of halogens is 2. The fourth-order valence-electron chi connectivity index (χ4n) is 4.24. The summed E-state index contributed by atoms with van der Waals surface area (Å²) in [5.74, 6) is 1.37. The second-order valence-electron chi connectivity index (χ2n) is 8.07. The number of benzene rings is 1. The highest BCUT2D eigenvalue weighted by Gasteiger charge is 2.38. The number of nitrogens with zero attached hydrogens (tertiary/aromatic N) is 2. The number of pyridine rings is 1. The molecule has 1 saturated carbocycles. The molecule has 1 fully saturated rings. The van der Waals surface area contributed by atoms with E-state index in [1.165, 1.54) is 36.2 Å². The topological polar surface area (TPSA) is 3.88 Å². The van der Waals surface area contributed by atoms with E-state index in [9.17, 15) is 0 Å². The molecular formula is C23H30Cl2N2+2. The minimum Gasteiger partial charge on any atom is -0.212 e. The third-order valence-electron chi connectivity index (χ3n) is 5.58. The quantitative estimate of drug-likeness (QED) is 0.295. The lowest BCUT2D eigenvalue weighted by Gasteiger charge is -2.29. The van der Waals surface area contributed by atoms with E-state index in [2.05, 4.69) is 57.0 Å². The third kappa shape index (κ3) is 4.74. The van der Waals surface area contributed by atoms with Crippen molar-refractivity contribution < 1.29 is 4.57 Å². The maximum Gasteiger partial charge on any atom is 0.375 e. The van der Waals surface area contributed by atoms with Gasteiger partial charge in [-0.2, -0.15) is 4.57 Å². The Morgan fingerprint density at radius 3 is 2.48 bits per heavy atom. The highest BCUT2D eigenvalue weighted by molar-refractivity contribution is 6.35. The summed E-state index contributed by atoms with van der Waals surface area (Å²) in [7, 11) is 6.82. The van der Waals surface area contributed by atoms with Gasteiger partial charge in [0.2, 0.25) is 0 Å². The molecule has 1 aromatic carbocycles. The number of quaternary nitrogens is 1. The van der Waals surface area contributed by atoms with Crippen LogP contribution in [-0.2, 0) is 13.5 Å². The standard InChI is InChI=1S/C23H30Cl2N2/c1-17-8-7-15-26(2)23(17)27(3,4)22(19-11-12-19)10-6-5-9-18-13-14-20(24)16-21(18)25/h7-8,13-16H,5-6,9-12H2,1-4H3/q+2. The number of hydrogen-bond acceptors (Lipinski definition) is 0. The van der Waals surface area contributed by atoms with Gasteiger partial charge < -0.3 is 0 Å². The molecule has 27 heavy (non-hydrogen) atoms. The van der Waals surface area contributed by atoms with Gasteiger partial charge in [0.25, 0.3) is 0 Å². The second-order valence-corrected chi connectivity index (χ2v) is 8.92. The Morgan fingerprint density at radius 1 is 1.11 bits per heavy atom. The molecule has 0 spiro atoms. The molecule has 1 aliphatic carbocycles. The van der Waals surface area contributed by atoms with Crippen molar-refractivity contribution in [2.75, 3.05) is 14.1 Å². The van der Waals surface area contributed by atoms with Crippen molar-refractivity contribution in [3.05, 3.63) is 69.0 Å². The van der Waals surface area contributed by atoms with Crippen LogP contribution >= 0.6 is 23.2 Å². The Bertz CT molecular complexity index is 842. The number of rotatable bonds is 7. The van der Waals surface area contributed by atoms with Crippen LogP contribution < -0.4 is 9.05 Å². The van der Waals surface area contributed by atoms with E-state index in [0.29, 0.717) is 5.02 Å². The van der Waals surface area contributed by atoms with E-state index in [4.69, 9.17) is 23.2 Å². The molecule has 0 aliphatic heterocycles. The molecule has 0 N–H and O–H groups in total. The minimum atomic E-state index is 0.703. The average Bonchev–Trinajstić information content (AvgIpc) is 3.40. The van der Waals surface area contributed by atoms with Gasteiger partial charge >= 0.3 is 5.82 Å². The number of unbranched alkanes of at least 4 members (excludes halogenated alkanes) is 1. The van der Waals surface area contributed by atoms with Gasteiger partial charge in [0, 0.05) is 22.5 Å². The van der Waals surface area contributed by atoms with Crippen LogP contribution in [0.2, 0.25) is 10.0 Å². The summed E-state index contributed by atoms with van der Waals surface area (Å²) in [6.07, 6.45) is 9.13. The van der Waals surface area contributed by atoms with E-state index < -0.39 is 0 Å². The molecule has 0 amide bonds. The first kappa shape index (κ1) is 20.4. The third-order valence-corrected chi connectivity index (χ3v) is 6.17. The van der Waals surface area contributed by atoms with Crippen LogP contribution in [0.5, 0.6) is 0 Å². The van der Waals surface area contributed by atoms with Gasteiger partial charge in [-0.1, -0.05) is 29.3 Å². The van der Waals surface area contributed by atoms with Crippen LogP contribution in [0.1, 0.15) is 43.2 Å². The lowest BCUT2D eigenvalue weighted by atomic mass is 10.0. The normalized spacial score (nSPS) is 13.8. The summed E-state index contributed by atoms with van der Waals surface area (Å²) < 4.78 is 3.12. The van der Waals surface area contributed by atoms with E-state index in [-0.39, 0.29) is 0 Å². The zero-order valence-electron chi connectivity index (χ0n) is 16.9. The SMILES string of the molecule is Cc1ccc[n+](C)c1[N+](C)(C)C(CCCCc1ccc(Cl)cc1Cl)=C1CC1. The molecule has 144 valence electrons. The monoisotopic (exact) mass is 404 g/mol. The molecule has 0 unspecified atom stereocenters. The molecule has 0 radical (unpaired) electrons. The van der Waals surface area contributed by atoms with Crippen molar-refractivity contribution in [3.8, 4) is 0 Å². The lowest BCUT2D eigenvalue weighted by molar-refractivity contribution is -0.664.